The van der Waals surface area contributed by atoms with Crippen molar-refractivity contribution in [1.82, 2.24) is 20.2 Å². The number of carboxylic acids is 1. The van der Waals surface area contributed by atoms with E-state index in [4.69, 9.17) is 5.11 Å². The molecule has 0 atom stereocenters. The van der Waals surface area contributed by atoms with Gasteiger partial charge in [0.15, 0.2) is 5.82 Å². The molecular weight excluding hydrogens is 265 g/mol. The molecule has 0 bridgehead atoms. The van der Waals surface area contributed by atoms with Crippen molar-refractivity contribution in [2.24, 2.45) is 0 Å². The molecule has 0 aliphatic heterocycles. The molecule has 0 fully saturated rings. The van der Waals surface area contributed by atoms with Gasteiger partial charge in [-0.05, 0) is 10.4 Å². The Balaban J connectivity index is 2.43. The molecule has 0 saturated heterocycles. The molecule has 1 aromatic heterocycles. The molecule has 0 radical (unpaired) electrons. The van der Waals surface area contributed by atoms with Gasteiger partial charge in [-0.25, -0.2) is 17.9 Å². The number of hydrogen-bond acceptors (Lipinski definition) is 4. The number of benzene rings is 1. The lowest BCUT2D eigenvalue weighted by Crippen LogP contribution is -2.09. The Morgan fingerprint density at radius 3 is 2.47 bits per heavy atom. The van der Waals surface area contributed by atoms with Crippen LogP contribution < -0.4 is 0 Å². The zero-order chi connectivity index (χ0) is 14.0. The molecule has 0 unspecified atom stereocenters. The summed E-state index contributed by atoms with van der Waals surface area (Å²) in [6.07, 6.45) is -0.317. The second-order valence-electron chi connectivity index (χ2n) is 3.61. The third-order valence-corrected chi connectivity index (χ3v) is 2.30. The molecule has 0 amide bonds. The normalized spacial score (nSPS) is 10.7. The summed E-state index contributed by atoms with van der Waals surface area (Å²) in [5, 5.41) is 18.6. The van der Waals surface area contributed by atoms with Gasteiger partial charge < -0.3 is 5.11 Å². The molecule has 2 aromatic rings. The van der Waals surface area contributed by atoms with Crippen molar-refractivity contribution in [2.45, 2.75) is 13.0 Å². The maximum Gasteiger partial charge on any atom is 0.305 e. The van der Waals surface area contributed by atoms with Gasteiger partial charge in [0.25, 0.3) is 0 Å². The number of nitrogens with zero attached hydrogens (tertiary/aromatic N) is 4. The van der Waals surface area contributed by atoms with Gasteiger partial charge in [0.1, 0.15) is 17.5 Å². The average Bonchev–Trinajstić information content (AvgIpc) is 2.73. The minimum atomic E-state index is -1.16. The smallest absolute Gasteiger partial charge is 0.305 e. The second kappa shape index (κ2) is 5.04. The predicted octanol–water partition coefficient (Wildman–Crippen LogP) is 1.23. The lowest BCUT2D eigenvalue weighted by Gasteiger charge is -2.05. The number of aryl methyl sites for hydroxylation is 1. The Morgan fingerprint density at radius 2 is 1.89 bits per heavy atom. The van der Waals surface area contributed by atoms with Gasteiger partial charge in [-0.1, -0.05) is 0 Å². The Bertz CT molecular complexity index is 606. The average molecular weight is 272 g/mol. The van der Waals surface area contributed by atoms with Crippen molar-refractivity contribution in [3.63, 3.8) is 0 Å². The number of aromatic nitrogens is 4. The molecule has 1 N–H and O–H groups in total. The highest BCUT2D eigenvalue weighted by atomic mass is 19.1. The summed E-state index contributed by atoms with van der Waals surface area (Å²) in [5.41, 5.74) is -0.600. The van der Waals surface area contributed by atoms with Crippen LogP contribution in [0.4, 0.5) is 13.2 Å². The van der Waals surface area contributed by atoms with Crippen molar-refractivity contribution < 1.29 is 23.1 Å². The first-order valence-corrected chi connectivity index (χ1v) is 5.12. The van der Waals surface area contributed by atoms with Crippen molar-refractivity contribution in [1.29, 1.82) is 0 Å². The van der Waals surface area contributed by atoms with Crippen LogP contribution in [-0.2, 0) is 11.3 Å². The molecular formula is C10H7F3N4O2. The summed E-state index contributed by atoms with van der Waals surface area (Å²) in [5.74, 6) is -4.80. The van der Waals surface area contributed by atoms with E-state index >= 15 is 0 Å². The first-order chi connectivity index (χ1) is 8.99. The number of tetrazole rings is 1. The summed E-state index contributed by atoms with van der Waals surface area (Å²) in [6, 6.07) is 0.989. The number of rotatable bonds is 4. The third-order valence-electron chi connectivity index (χ3n) is 2.30. The summed E-state index contributed by atoms with van der Waals surface area (Å²) < 4.78 is 40.8. The Morgan fingerprint density at radius 1 is 1.26 bits per heavy atom. The quantitative estimate of drug-likeness (QED) is 0.905. The van der Waals surface area contributed by atoms with Crippen molar-refractivity contribution in [3.05, 3.63) is 29.6 Å². The zero-order valence-corrected chi connectivity index (χ0v) is 9.35. The highest BCUT2D eigenvalue weighted by Gasteiger charge is 2.20. The van der Waals surface area contributed by atoms with E-state index in [-0.39, 0.29) is 18.8 Å². The second-order valence-corrected chi connectivity index (χ2v) is 3.61. The van der Waals surface area contributed by atoms with Gasteiger partial charge in [0.2, 0.25) is 0 Å². The fourth-order valence-corrected chi connectivity index (χ4v) is 1.49. The van der Waals surface area contributed by atoms with Crippen LogP contribution in [0, 0.1) is 17.5 Å². The molecule has 9 heteroatoms. The number of carbonyl (C=O) groups is 1. The van der Waals surface area contributed by atoms with Crippen LogP contribution in [0.15, 0.2) is 12.1 Å². The van der Waals surface area contributed by atoms with E-state index in [1.54, 1.807) is 0 Å². The Labute approximate surface area is 104 Å². The molecule has 1 heterocycles. The fourth-order valence-electron chi connectivity index (χ4n) is 1.49. The van der Waals surface area contributed by atoms with Crippen molar-refractivity contribution >= 4 is 5.97 Å². The fraction of sp³-hybridized carbons (Fsp3) is 0.200. The Kier molecular flexibility index (Phi) is 3.45. The van der Waals surface area contributed by atoms with Gasteiger partial charge in [-0.15, -0.1) is 5.10 Å². The standard InChI is InChI=1S/C10H7F3N4O2/c11-5-3-6(12)9(7(13)4-5)10-14-15-16-17(10)2-1-8(18)19/h3-4H,1-2H2,(H,18,19). The van der Waals surface area contributed by atoms with Crippen LogP contribution in [0.2, 0.25) is 0 Å². The van der Waals surface area contributed by atoms with Crippen LogP contribution in [0.25, 0.3) is 11.4 Å². The molecule has 2 rings (SSSR count). The van der Waals surface area contributed by atoms with Crippen LogP contribution in [0.5, 0.6) is 0 Å². The minimum absolute atomic E-state index is 0.159. The molecule has 0 saturated carbocycles. The minimum Gasteiger partial charge on any atom is -0.481 e. The zero-order valence-electron chi connectivity index (χ0n) is 9.35. The Hall–Kier alpha value is -2.45. The van der Waals surface area contributed by atoms with Crippen LogP contribution in [-0.4, -0.2) is 31.3 Å². The van der Waals surface area contributed by atoms with Crippen LogP contribution in [0.3, 0.4) is 0 Å². The molecule has 19 heavy (non-hydrogen) atoms. The van der Waals surface area contributed by atoms with Gasteiger partial charge in [0.05, 0.1) is 18.5 Å². The van der Waals surface area contributed by atoms with E-state index in [2.05, 4.69) is 15.5 Å². The van der Waals surface area contributed by atoms with Gasteiger partial charge in [-0.3, -0.25) is 4.79 Å². The van der Waals surface area contributed by atoms with Crippen molar-refractivity contribution in [3.8, 4) is 11.4 Å². The molecule has 0 spiro atoms. The first kappa shape index (κ1) is 13.0. The van der Waals surface area contributed by atoms with E-state index in [1.165, 1.54) is 0 Å². The summed E-state index contributed by atoms with van der Waals surface area (Å²) in [6.45, 7) is -0.159. The number of aliphatic carboxylic acids is 1. The molecule has 100 valence electrons. The van der Waals surface area contributed by atoms with Gasteiger partial charge in [-0.2, -0.15) is 0 Å². The van der Waals surface area contributed by atoms with E-state index < -0.39 is 29.0 Å². The highest BCUT2D eigenvalue weighted by molar-refractivity contribution is 5.66. The SMILES string of the molecule is O=C(O)CCn1nnnc1-c1c(F)cc(F)cc1F. The largest absolute Gasteiger partial charge is 0.481 e. The lowest BCUT2D eigenvalue weighted by atomic mass is 10.2. The number of halogens is 3. The number of carboxylic acid groups (broad SMARTS) is 1. The maximum absolute atomic E-state index is 13.5. The molecule has 0 aliphatic rings. The lowest BCUT2D eigenvalue weighted by molar-refractivity contribution is -0.137. The summed E-state index contributed by atoms with van der Waals surface area (Å²) >= 11 is 0. The van der Waals surface area contributed by atoms with Gasteiger partial charge >= 0.3 is 5.97 Å². The number of hydrogen-bond donors (Lipinski definition) is 1. The van der Waals surface area contributed by atoms with E-state index in [0.29, 0.717) is 12.1 Å². The summed E-state index contributed by atoms with van der Waals surface area (Å²) in [7, 11) is 0. The van der Waals surface area contributed by atoms with E-state index in [0.717, 1.165) is 4.68 Å². The molecule has 1 aromatic carbocycles. The maximum atomic E-state index is 13.5. The third kappa shape index (κ3) is 2.69. The van der Waals surface area contributed by atoms with E-state index in [1.807, 2.05) is 0 Å². The monoisotopic (exact) mass is 272 g/mol. The van der Waals surface area contributed by atoms with Crippen molar-refractivity contribution in [2.75, 3.05) is 0 Å². The molecule has 0 aliphatic carbocycles. The summed E-state index contributed by atoms with van der Waals surface area (Å²) in [4.78, 5) is 10.4. The highest BCUT2D eigenvalue weighted by Crippen LogP contribution is 2.24. The topological polar surface area (TPSA) is 80.9 Å². The molecule has 6 nitrogen and oxygen atoms in total. The van der Waals surface area contributed by atoms with Crippen LogP contribution >= 0.6 is 0 Å². The first-order valence-electron chi connectivity index (χ1n) is 5.12. The van der Waals surface area contributed by atoms with Crippen LogP contribution in [0.1, 0.15) is 6.42 Å². The van der Waals surface area contributed by atoms with Gasteiger partial charge in [0, 0.05) is 12.1 Å². The predicted molar refractivity (Wildman–Crippen MR) is 55.4 cm³/mol. The van der Waals surface area contributed by atoms with E-state index in [9.17, 15) is 18.0 Å².